The molecule has 10 heteroatoms. The minimum atomic E-state index is -4.63. The van der Waals surface area contributed by atoms with Gasteiger partial charge in [0, 0.05) is 18.7 Å². The Morgan fingerprint density at radius 2 is 2.08 bits per heavy atom. The van der Waals surface area contributed by atoms with E-state index in [1.807, 2.05) is 0 Å². The third-order valence-corrected chi connectivity index (χ3v) is 5.15. The number of aliphatic hydroxyl groups excluding tert-OH is 2. The van der Waals surface area contributed by atoms with E-state index in [0.29, 0.717) is 16.3 Å². The van der Waals surface area contributed by atoms with Crippen LogP contribution in [0.1, 0.15) is 27.4 Å². The van der Waals surface area contributed by atoms with E-state index in [1.165, 1.54) is 24.0 Å². The molecule has 1 aliphatic rings. The van der Waals surface area contributed by atoms with Gasteiger partial charge in [0.25, 0.3) is 5.91 Å². The summed E-state index contributed by atoms with van der Waals surface area (Å²) in [5.74, 6) is -1.50. The topological polar surface area (TPSA) is 86.8 Å². The molecule has 3 heterocycles. The van der Waals surface area contributed by atoms with Gasteiger partial charge in [0.05, 0.1) is 22.0 Å². The van der Waals surface area contributed by atoms with Crippen LogP contribution in [-0.4, -0.2) is 51.5 Å². The highest BCUT2D eigenvalue weighted by atomic mass is 32.1. The first kappa shape index (κ1) is 17.9. The summed E-state index contributed by atoms with van der Waals surface area (Å²) in [6, 6.07) is 3.01. The number of piperidine rings is 1. The largest absolute Gasteiger partial charge is 0.452 e. The van der Waals surface area contributed by atoms with E-state index in [9.17, 15) is 28.2 Å². The van der Waals surface area contributed by atoms with E-state index in [0.717, 1.165) is 11.3 Å². The minimum absolute atomic E-state index is 0.00838. The smallest absolute Gasteiger partial charge is 0.390 e. The molecule has 2 aromatic heterocycles. The maximum atomic E-state index is 12.8. The lowest BCUT2D eigenvalue weighted by molar-refractivity contribution is -0.156. The van der Waals surface area contributed by atoms with Crippen molar-refractivity contribution >= 4 is 17.2 Å². The fraction of sp³-hybridized carbons (Fsp3) is 0.467. The van der Waals surface area contributed by atoms with Crippen LogP contribution in [0, 0.1) is 6.92 Å². The van der Waals surface area contributed by atoms with Gasteiger partial charge in [-0.15, -0.1) is 11.3 Å². The summed E-state index contributed by atoms with van der Waals surface area (Å²) in [4.78, 5) is 14.6. The molecule has 1 amide bonds. The van der Waals surface area contributed by atoms with Crippen molar-refractivity contribution in [3.05, 3.63) is 28.3 Å². The third-order valence-electron chi connectivity index (χ3n) is 4.07. The average Bonchev–Trinajstić information content (AvgIpc) is 3.15. The van der Waals surface area contributed by atoms with Gasteiger partial charge in [-0.05, 0) is 25.5 Å². The molecule has 1 aliphatic heterocycles. The highest BCUT2D eigenvalue weighted by Gasteiger charge is 2.39. The zero-order valence-corrected chi connectivity index (χ0v) is 13.9. The molecule has 3 rings (SSSR count). The number of thiophene rings is 1. The molecule has 2 N–H and O–H groups in total. The molecule has 2 atom stereocenters. The quantitative estimate of drug-likeness (QED) is 0.840. The molecule has 0 bridgehead atoms. The van der Waals surface area contributed by atoms with Crippen molar-refractivity contribution in [2.24, 2.45) is 0 Å². The number of aliphatic hydroxyl groups is 2. The monoisotopic (exact) mass is 376 g/mol. The van der Waals surface area contributed by atoms with Crippen molar-refractivity contribution in [3.8, 4) is 10.6 Å². The normalized spacial score (nSPS) is 21.6. The van der Waals surface area contributed by atoms with Crippen LogP contribution in [-0.2, 0) is 6.18 Å². The molecule has 0 saturated carbocycles. The molecule has 1 saturated heterocycles. The van der Waals surface area contributed by atoms with Crippen LogP contribution in [0.3, 0.4) is 0 Å². The maximum absolute atomic E-state index is 12.8. The molecule has 1 fully saturated rings. The zero-order chi connectivity index (χ0) is 18.4. The van der Waals surface area contributed by atoms with Crippen LogP contribution in [0.25, 0.3) is 10.6 Å². The molecular weight excluding hydrogens is 361 g/mol. The van der Waals surface area contributed by atoms with Crippen molar-refractivity contribution in [1.82, 2.24) is 10.1 Å². The average molecular weight is 376 g/mol. The summed E-state index contributed by atoms with van der Waals surface area (Å²) >= 11 is 1.00. The molecule has 0 spiro atoms. The first-order valence-corrected chi connectivity index (χ1v) is 8.29. The zero-order valence-electron chi connectivity index (χ0n) is 13.1. The summed E-state index contributed by atoms with van der Waals surface area (Å²) in [5.41, 5.74) is -0.0876. The van der Waals surface area contributed by atoms with Crippen molar-refractivity contribution in [3.63, 3.8) is 0 Å². The van der Waals surface area contributed by atoms with E-state index >= 15 is 0 Å². The Morgan fingerprint density at radius 1 is 1.36 bits per heavy atom. The number of carbonyl (C=O) groups is 1. The number of hydrogen-bond acceptors (Lipinski definition) is 6. The van der Waals surface area contributed by atoms with E-state index in [2.05, 4.69) is 9.68 Å². The summed E-state index contributed by atoms with van der Waals surface area (Å²) < 4.78 is 42.8. The lowest BCUT2D eigenvalue weighted by atomic mass is 10.1. The molecule has 136 valence electrons. The summed E-state index contributed by atoms with van der Waals surface area (Å²) in [7, 11) is 0. The molecule has 0 aromatic carbocycles. The van der Waals surface area contributed by atoms with E-state index in [-0.39, 0.29) is 30.1 Å². The molecule has 2 aromatic rings. The van der Waals surface area contributed by atoms with Crippen molar-refractivity contribution in [2.45, 2.75) is 31.7 Å². The standard InChI is InChI=1S/C15H15F3N2O4S/c1-7-12(19-24-13(7)15(16,17)18)10-2-3-11(25-10)14(23)20-5-4-8(21)9(22)6-20/h2-3,8-9,21-22H,4-6H2,1H3/t8-,9?/m0/s1. The second-order valence-corrected chi connectivity index (χ2v) is 6.91. The van der Waals surface area contributed by atoms with Crippen molar-refractivity contribution in [1.29, 1.82) is 0 Å². The Kier molecular flexibility index (Phi) is 4.60. The number of amides is 1. The van der Waals surface area contributed by atoms with Crippen LogP contribution in [0.5, 0.6) is 0 Å². The fourth-order valence-corrected chi connectivity index (χ4v) is 3.68. The number of β-amino-alcohol motifs (C(OH)–C–C–N with tert-alkyl or cyclic N) is 1. The van der Waals surface area contributed by atoms with Crippen molar-refractivity contribution in [2.75, 3.05) is 13.1 Å². The number of rotatable bonds is 2. The minimum Gasteiger partial charge on any atom is -0.390 e. The van der Waals surface area contributed by atoms with Crippen LogP contribution >= 0.6 is 11.3 Å². The summed E-state index contributed by atoms with van der Waals surface area (Å²) in [6.45, 7) is 1.57. The first-order valence-electron chi connectivity index (χ1n) is 7.47. The van der Waals surface area contributed by atoms with Crippen LogP contribution < -0.4 is 0 Å². The Balaban J connectivity index is 1.81. The highest BCUT2D eigenvalue weighted by molar-refractivity contribution is 7.17. The second kappa shape index (κ2) is 6.43. The van der Waals surface area contributed by atoms with Crippen LogP contribution in [0.4, 0.5) is 13.2 Å². The third kappa shape index (κ3) is 3.42. The Labute approximate surface area is 144 Å². The maximum Gasteiger partial charge on any atom is 0.452 e. The molecule has 0 aliphatic carbocycles. The lowest BCUT2D eigenvalue weighted by Gasteiger charge is -2.33. The fourth-order valence-electron chi connectivity index (χ4n) is 2.67. The molecule has 0 radical (unpaired) electrons. The number of likely N-dealkylation sites (tertiary alicyclic amines) is 1. The second-order valence-electron chi connectivity index (χ2n) is 5.82. The first-order chi connectivity index (χ1) is 11.7. The van der Waals surface area contributed by atoms with Gasteiger partial charge in [-0.1, -0.05) is 5.16 Å². The molecule has 6 nitrogen and oxygen atoms in total. The van der Waals surface area contributed by atoms with E-state index in [1.54, 1.807) is 0 Å². The van der Waals surface area contributed by atoms with Gasteiger partial charge in [0.1, 0.15) is 5.69 Å². The number of alkyl halides is 3. The van der Waals surface area contributed by atoms with E-state index < -0.39 is 24.1 Å². The highest BCUT2D eigenvalue weighted by Crippen LogP contribution is 2.38. The summed E-state index contributed by atoms with van der Waals surface area (Å²) in [5, 5.41) is 22.7. The van der Waals surface area contributed by atoms with Gasteiger partial charge in [0.2, 0.25) is 5.76 Å². The number of aromatic nitrogens is 1. The lowest BCUT2D eigenvalue weighted by Crippen LogP contribution is -2.48. The number of carbonyl (C=O) groups excluding carboxylic acids is 1. The summed E-state index contributed by atoms with van der Waals surface area (Å²) in [6.07, 6.45) is -6.23. The van der Waals surface area contributed by atoms with Crippen LogP contribution in [0.2, 0.25) is 0 Å². The van der Waals surface area contributed by atoms with Gasteiger partial charge >= 0.3 is 6.18 Å². The molecule has 1 unspecified atom stereocenters. The van der Waals surface area contributed by atoms with Crippen molar-refractivity contribution < 1.29 is 32.7 Å². The van der Waals surface area contributed by atoms with Gasteiger partial charge in [-0.25, -0.2) is 0 Å². The van der Waals surface area contributed by atoms with Gasteiger partial charge in [-0.2, -0.15) is 13.2 Å². The Bertz CT molecular complexity index is 786. The predicted octanol–water partition coefficient (Wildman–Crippen LogP) is 2.30. The SMILES string of the molecule is Cc1c(-c2ccc(C(=O)N3CC[C@H](O)C(O)C3)s2)noc1C(F)(F)F. The van der Waals surface area contributed by atoms with Gasteiger partial charge < -0.3 is 19.6 Å². The molecule has 25 heavy (non-hydrogen) atoms. The van der Waals surface area contributed by atoms with Crippen LogP contribution in [0.15, 0.2) is 16.7 Å². The molecular formula is C15H15F3N2O4S. The number of halogens is 3. The predicted molar refractivity (Wildman–Crippen MR) is 82.1 cm³/mol. The Hall–Kier alpha value is -1.91. The Morgan fingerprint density at radius 3 is 2.68 bits per heavy atom. The number of nitrogens with zero attached hydrogens (tertiary/aromatic N) is 2. The number of hydrogen-bond donors (Lipinski definition) is 2. The van der Waals surface area contributed by atoms with Gasteiger partial charge in [0.15, 0.2) is 0 Å². The van der Waals surface area contributed by atoms with E-state index in [4.69, 9.17) is 0 Å². The van der Waals surface area contributed by atoms with Gasteiger partial charge in [-0.3, -0.25) is 4.79 Å².